The summed E-state index contributed by atoms with van der Waals surface area (Å²) >= 11 is 1.29. The Morgan fingerprint density at radius 3 is 2.56 bits per heavy atom. The summed E-state index contributed by atoms with van der Waals surface area (Å²) in [6.45, 7) is 1.67. The van der Waals surface area contributed by atoms with E-state index in [0.717, 1.165) is 24.7 Å². The number of alkyl halides is 3. The lowest BCUT2D eigenvalue weighted by molar-refractivity contribution is -0.139. The largest absolute Gasteiger partial charge is 0.417 e. The molecule has 0 saturated heterocycles. The molecule has 2 rings (SSSR count). The summed E-state index contributed by atoms with van der Waals surface area (Å²) in [6.07, 6.45) is -2.06. The van der Waals surface area contributed by atoms with Gasteiger partial charge < -0.3 is 5.43 Å². The van der Waals surface area contributed by atoms with Crippen molar-refractivity contribution in [2.24, 2.45) is 11.8 Å². The smallest absolute Gasteiger partial charge is 0.324 e. The Kier molecular flexibility index (Phi) is 3.77. The highest BCUT2D eigenvalue weighted by Gasteiger charge is 2.35. The van der Waals surface area contributed by atoms with Crippen LogP contribution >= 0.6 is 11.8 Å². The number of benzene rings is 1. The summed E-state index contributed by atoms with van der Waals surface area (Å²) in [4.78, 5) is 0.296. The fourth-order valence-corrected chi connectivity index (χ4v) is 3.14. The maximum absolute atomic E-state index is 12.9. The standard InChI is InChI=1S/C12H15F3N2S/c1-7-10(17-16)5-4-9(12(13,14)15)11(7)18-6-8-2-3-8/h4-5,8,17H,2-3,6,16H2,1H3. The van der Waals surface area contributed by atoms with Gasteiger partial charge in [0.15, 0.2) is 0 Å². The second kappa shape index (κ2) is 5.01. The van der Waals surface area contributed by atoms with Crippen LogP contribution in [0.15, 0.2) is 17.0 Å². The van der Waals surface area contributed by atoms with Crippen LogP contribution in [0.5, 0.6) is 0 Å². The molecule has 6 heteroatoms. The first-order chi connectivity index (χ1) is 8.43. The molecule has 0 radical (unpaired) electrons. The first-order valence-corrected chi connectivity index (χ1v) is 6.72. The number of halogens is 3. The highest BCUT2D eigenvalue weighted by molar-refractivity contribution is 7.99. The van der Waals surface area contributed by atoms with Gasteiger partial charge in [-0.25, -0.2) is 0 Å². The number of nitrogen functional groups attached to an aromatic ring is 1. The van der Waals surface area contributed by atoms with Crippen molar-refractivity contribution in [3.8, 4) is 0 Å². The Hall–Kier alpha value is -0.880. The topological polar surface area (TPSA) is 38.0 Å². The van der Waals surface area contributed by atoms with Gasteiger partial charge in [-0.3, -0.25) is 5.84 Å². The van der Waals surface area contributed by atoms with Gasteiger partial charge in [-0.05, 0) is 43.4 Å². The van der Waals surface area contributed by atoms with Crippen LogP contribution < -0.4 is 11.3 Å². The molecule has 1 aromatic carbocycles. The van der Waals surface area contributed by atoms with Crippen LogP contribution in [0.4, 0.5) is 18.9 Å². The summed E-state index contributed by atoms with van der Waals surface area (Å²) in [5, 5.41) is 0. The van der Waals surface area contributed by atoms with Gasteiger partial charge in [0.1, 0.15) is 0 Å². The average Bonchev–Trinajstić information content (AvgIpc) is 3.09. The molecule has 3 N–H and O–H groups in total. The number of rotatable bonds is 4. The Morgan fingerprint density at radius 1 is 1.39 bits per heavy atom. The van der Waals surface area contributed by atoms with Crippen molar-refractivity contribution >= 4 is 17.4 Å². The molecule has 1 fully saturated rings. The zero-order valence-corrected chi connectivity index (χ0v) is 10.8. The van der Waals surface area contributed by atoms with Crippen molar-refractivity contribution in [1.29, 1.82) is 0 Å². The number of hydrazine groups is 1. The van der Waals surface area contributed by atoms with Crippen molar-refractivity contribution in [2.45, 2.75) is 30.8 Å². The maximum atomic E-state index is 12.9. The van der Waals surface area contributed by atoms with Gasteiger partial charge in [0.2, 0.25) is 0 Å². The van der Waals surface area contributed by atoms with Gasteiger partial charge in [0, 0.05) is 10.6 Å². The predicted molar refractivity (Wildman–Crippen MR) is 67.4 cm³/mol. The molecule has 0 bridgehead atoms. The minimum absolute atomic E-state index is 0.296. The number of nitrogens with two attached hydrogens (primary N) is 1. The van der Waals surface area contributed by atoms with Gasteiger partial charge in [-0.1, -0.05) is 0 Å². The van der Waals surface area contributed by atoms with Crippen molar-refractivity contribution in [3.05, 3.63) is 23.3 Å². The quantitative estimate of drug-likeness (QED) is 0.499. The van der Waals surface area contributed by atoms with E-state index >= 15 is 0 Å². The van der Waals surface area contributed by atoms with E-state index in [4.69, 9.17) is 5.84 Å². The van der Waals surface area contributed by atoms with Crippen LogP contribution in [0.2, 0.25) is 0 Å². The van der Waals surface area contributed by atoms with E-state index < -0.39 is 11.7 Å². The van der Waals surface area contributed by atoms with Gasteiger partial charge in [0.05, 0.1) is 11.3 Å². The normalized spacial score (nSPS) is 15.8. The molecule has 1 aliphatic rings. The Balaban J connectivity index is 2.35. The summed E-state index contributed by atoms with van der Waals surface area (Å²) in [6, 6.07) is 2.47. The van der Waals surface area contributed by atoms with Crippen molar-refractivity contribution in [3.63, 3.8) is 0 Å². The van der Waals surface area contributed by atoms with E-state index in [1.807, 2.05) is 0 Å². The summed E-state index contributed by atoms with van der Waals surface area (Å²) in [7, 11) is 0. The summed E-state index contributed by atoms with van der Waals surface area (Å²) in [5.74, 6) is 6.63. The lowest BCUT2D eigenvalue weighted by Crippen LogP contribution is -2.12. The third kappa shape index (κ3) is 2.92. The Bertz CT molecular complexity index is 442. The van der Waals surface area contributed by atoms with E-state index in [1.165, 1.54) is 17.8 Å². The van der Waals surface area contributed by atoms with E-state index in [2.05, 4.69) is 5.43 Å². The van der Waals surface area contributed by atoms with Gasteiger partial charge >= 0.3 is 6.18 Å². The first-order valence-electron chi connectivity index (χ1n) is 5.73. The molecule has 1 aliphatic carbocycles. The second-order valence-corrected chi connectivity index (χ2v) is 5.54. The average molecular weight is 276 g/mol. The predicted octanol–water partition coefficient (Wildman–Crippen LogP) is 3.80. The molecular formula is C12H15F3N2S. The monoisotopic (exact) mass is 276 g/mol. The van der Waals surface area contributed by atoms with E-state index in [1.54, 1.807) is 6.92 Å². The molecule has 0 atom stereocenters. The molecule has 18 heavy (non-hydrogen) atoms. The van der Waals surface area contributed by atoms with Crippen LogP contribution in [0.25, 0.3) is 0 Å². The van der Waals surface area contributed by atoms with E-state index in [-0.39, 0.29) is 0 Å². The van der Waals surface area contributed by atoms with E-state index in [9.17, 15) is 13.2 Å². The summed E-state index contributed by atoms with van der Waals surface area (Å²) in [5.41, 5.74) is 2.98. The van der Waals surface area contributed by atoms with Crippen LogP contribution in [0, 0.1) is 12.8 Å². The number of anilines is 1. The molecule has 1 aromatic rings. The van der Waals surface area contributed by atoms with Crippen molar-refractivity contribution < 1.29 is 13.2 Å². The third-order valence-corrected chi connectivity index (χ3v) is 4.48. The van der Waals surface area contributed by atoms with Crippen LogP contribution in [-0.2, 0) is 6.18 Å². The molecule has 0 aromatic heterocycles. The fraction of sp³-hybridized carbons (Fsp3) is 0.500. The first kappa shape index (κ1) is 13.5. The maximum Gasteiger partial charge on any atom is 0.417 e. The SMILES string of the molecule is Cc1c(NN)ccc(C(F)(F)F)c1SCC1CC1. The Morgan fingerprint density at radius 2 is 2.06 bits per heavy atom. The zero-order chi connectivity index (χ0) is 13.3. The number of nitrogens with one attached hydrogen (secondary N) is 1. The number of thioether (sulfide) groups is 1. The molecule has 0 unspecified atom stereocenters. The van der Waals surface area contributed by atoms with Crippen LogP contribution in [-0.4, -0.2) is 5.75 Å². The fourth-order valence-electron chi connectivity index (χ4n) is 1.74. The molecule has 100 valence electrons. The lowest BCUT2D eigenvalue weighted by atomic mass is 10.1. The van der Waals surface area contributed by atoms with Crippen molar-refractivity contribution in [1.82, 2.24) is 0 Å². The number of hydrogen-bond acceptors (Lipinski definition) is 3. The second-order valence-electron chi connectivity index (χ2n) is 4.51. The van der Waals surface area contributed by atoms with Gasteiger partial charge in [-0.2, -0.15) is 13.2 Å². The molecule has 0 spiro atoms. The minimum Gasteiger partial charge on any atom is -0.324 e. The van der Waals surface area contributed by atoms with E-state index in [0.29, 0.717) is 22.1 Å². The highest BCUT2D eigenvalue weighted by Crippen LogP contribution is 2.43. The lowest BCUT2D eigenvalue weighted by Gasteiger charge is -2.17. The third-order valence-electron chi connectivity index (χ3n) is 3.03. The molecule has 1 saturated carbocycles. The van der Waals surface area contributed by atoms with Gasteiger partial charge in [-0.15, -0.1) is 11.8 Å². The zero-order valence-electron chi connectivity index (χ0n) is 9.97. The molecule has 0 heterocycles. The number of hydrogen-bond donors (Lipinski definition) is 2. The molecule has 0 amide bonds. The van der Waals surface area contributed by atoms with Gasteiger partial charge in [0.25, 0.3) is 0 Å². The highest BCUT2D eigenvalue weighted by atomic mass is 32.2. The summed E-state index contributed by atoms with van der Waals surface area (Å²) < 4.78 is 38.8. The molecule has 2 nitrogen and oxygen atoms in total. The van der Waals surface area contributed by atoms with Crippen LogP contribution in [0.3, 0.4) is 0 Å². The van der Waals surface area contributed by atoms with Crippen molar-refractivity contribution in [2.75, 3.05) is 11.2 Å². The molecule has 0 aliphatic heterocycles. The minimum atomic E-state index is -4.32. The Labute approximate surface area is 108 Å². The molecular weight excluding hydrogens is 261 g/mol. The van der Waals surface area contributed by atoms with Crippen LogP contribution in [0.1, 0.15) is 24.0 Å².